The summed E-state index contributed by atoms with van der Waals surface area (Å²) in [5.74, 6) is 0.0865. The second-order valence-electron chi connectivity index (χ2n) is 4.88. The van der Waals surface area contributed by atoms with Crippen LogP contribution in [0.3, 0.4) is 0 Å². The summed E-state index contributed by atoms with van der Waals surface area (Å²) in [6.45, 7) is 8.93. The van der Waals surface area contributed by atoms with Crippen LogP contribution in [-0.4, -0.2) is 50.0 Å². The number of ether oxygens (including phenoxy) is 1. The van der Waals surface area contributed by atoms with Crippen LogP contribution in [0.5, 0.6) is 5.75 Å². The van der Waals surface area contributed by atoms with Crippen molar-refractivity contribution >= 4 is 17.5 Å². The number of carbonyl (C=O) groups is 2. The first kappa shape index (κ1) is 18.0. The number of hydrogen-bond acceptors (Lipinski definition) is 4. The molecule has 2 N–H and O–H groups in total. The average Bonchev–Trinajstić information content (AvgIpc) is 2.50. The molecular weight excluding hydrogens is 282 g/mol. The van der Waals surface area contributed by atoms with Gasteiger partial charge in [-0.05, 0) is 25.2 Å². The number of anilines is 1. The standard InChI is InChI=1S/C16H25N3O3/c1-5-19(6-2)10-9-17-16(21)14-8-7-13(18-12(3)20)11-15(14)22-4/h7-8,11H,5-6,9-10H2,1-4H3,(H,17,21)(H,18,20). The summed E-state index contributed by atoms with van der Waals surface area (Å²) in [4.78, 5) is 25.5. The minimum absolute atomic E-state index is 0.168. The molecule has 0 heterocycles. The predicted octanol–water partition coefficient (Wildman–Crippen LogP) is 1.73. The Morgan fingerprint density at radius 2 is 1.91 bits per heavy atom. The van der Waals surface area contributed by atoms with Crippen LogP contribution in [0.1, 0.15) is 31.1 Å². The Bertz CT molecular complexity index is 513. The zero-order chi connectivity index (χ0) is 16.5. The van der Waals surface area contributed by atoms with E-state index in [9.17, 15) is 9.59 Å². The molecule has 0 aromatic heterocycles. The molecule has 2 amide bonds. The van der Waals surface area contributed by atoms with Crippen molar-refractivity contribution in [3.63, 3.8) is 0 Å². The van der Waals surface area contributed by atoms with Gasteiger partial charge >= 0.3 is 0 Å². The Kier molecular flexibility index (Phi) is 7.39. The third kappa shape index (κ3) is 5.37. The number of rotatable bonds is 8. The van der Waals surface area contributed by atoms with Crippen molar-refractivity contribution in [2.45, 2.75) is 20.8 Å². The number of hydrogen-bond donors (Lipinski definition) is 2. The number of amides is 2. The summed E-state index contributed by atoms with van der Waals surface area (Å²) in [7, 11) is 1.50. The van der Waals surface area contributed by atoms with E-state index in [1.807, 2.05) is 0 Å². The van der Waals surface area contributed by atoms with E-state index in [-0.39, 0.29) is 11.8 Å². The third-order valence-corrected chi connectivity index (χ3v) is 3.37. The van der Waals surface area contributed by atoms with Crippen molar-refractivity contribution in [2.24, 2.45) is 0 Å². The molecule has 0 fully saturated rings. The normalized spacial score (nSPS) is 10.4. The molecule has 0 spiro atoms. The molecule has 6 nitrogen and oxygen atoms in total. The van der Waals surface area contributed by atoms with Crippen LogP contribution in [0, 0.1) is 0 Å². The molecule has 0 atom stereocenters. The maximum absolute atomic E-state index is 12.2. The van der Waals surface area contributed by atoms with Crippen LogP contribution in [0.25, 0.3) is 0 Å². The second kappa shape index (κ2) is 9.04. The van der Waals surface area contributed by atoms with Gasteiger partial charge in [-0.2, -0.15) is 0 Å². The molecule has 1 rings (SSSR count). The Balaban J connectivity index is 2.70. The lowest BCUT2D eigenvalue weighted by Gasteiger charge is -2.18. The molecule has 1 aromatic carbocycles. The minimum Gasteiger partial charge on any atom is -0.496 e. The topological polar surface area (TPSA) is 70.7 Å². The van der Waals surface area contributed by atoms with Gasteiger partial charge in [-0.15, -0.1) is 0 Å². The maximum Gasteiger partial charge on any atom is 0.255 e. The first-order chi connectivity index (χ1) is 10.5. The van der Waals surface area contributed by atoms with Gasteiger partial charge in [0.05, 0.1) is 12.7 Å². The third-order valence-electron chi connectivity index (χ3n) is 3.37. The fourth-order valence-corrected chi connectivity index (χ4v) is 2.12. The lowest BCUT2D eigenvalue weighted by molar-refractivity contribution is -0.114. The minimum atomic E-state index is -0.182. The Morgan fingerprint density at radius 1 is 1.23 bits per heavy atom. The number of nitrogens with zero attached hydrogens (tertiary/aromatic N) is 1. The van der Waals surface area contributed by atoms with Crippen molar-refractivity contribution in [2.75, 3.05) is 38.6 Å². The molecule has 0 saturated heterocycles. The zero-order valence-electron chi connectivity index (χ0n) is 13.7. The van der Waals surface area contributed by atoms with Gasteiger partial charge in [-0.25, -0.2) is 0 Å². The van der Waals surface area contributed by atoms with Crippen molar-refractivity contribution in [3.8, 4) is 5.75 Å². The molecule has 0 aliphatic carbocycles. The average molecular weight is 307 g/mol. The van der Waals surface area contributed by atoms with Crippen LogP contribution in [0.2, 0.25) is 0 Å². The summed E-state index contributed by atoms with van der Waals surface area (Å²) >= 11 is 0. The highest BCUT2D eigenvalue weighted by Crippen LogP contribution is 2.23. The van der Waals surface area contributed by atoms with E-state index in [0.717, 1.165) is 19.6 Å². The molecule has 0 bridgehead atoms. The van der Waals surface area contributed by atoms with Crippen LogP contribution < -0.4 is 15.4 Å². The molecule has 0 aliphatic heterocycles. The van der Waals surface area contributed by atoms with Gasteiger partial charge < -0.3 is 20.3 Å². The number of carbonyl (C=O) groups excluding carboxylic acids is 2. The van der Waals surface area contributed by atoms with Gasteiger partial charge in [0.25, 0.3) is 5.91 Å². The number of likely N-dealkylation sites (N-methyl/N-ethyl adjacent to an activating group) is 1. The fourth-order valence-electron chi connectivity index (χ4n) is 2.12. The Morgan fingerprint density at radius 3 is 2.45 bits per heavy atom. The number of nitrogens with one attached hydrogen (secondary N) is 2. The zero-order valence-corrected chi connectivity index (χ0v) is 13.7. The van der Waals surface area contributed by atoms with E-state index in [1.54, 1.807) is 18.2 Å². The van der Waals surface area contributed by atoms with Crippen molar-refractivity contribution in [1.82, 2.24) is 10.2 Å². The highest BCUT2D eigenvalue weighted by Gasteiger charge is 2.13. The maximum atomic E-state index is 12.2. The molecular formula is C16H25N3O3. The van der Waals surface area contributed by atoms with Gasteiger partial charge in [0, 0.05) is 31.8 Å². The Hall–Kier alpha value is -2.08. The SMILES string of the molecule is CCN(CC)CCNC(=O)c1ccc(NC(C)=O)cc1OC. The van der Waals surface area contributed by atoms with E-state index in [1.165, 1.54) is 14.0 Å². The summed E-state index contributed by atoms with van der Waals surface area (Å²) < 4.78 is 5.24. The molecule has 1 aromatic rings. The number of benzene rings is 1. The Labute approximate surface area is 131 Å². The van der Waals surface area contributed by atoms with E-state index < -0.39 is 0 Å². The van der Waals surface area contributed by atoms with Gasteiger partial charge in [0.15, 0.2) is 0 Å². The van der Waals surface area contributed by atoms with Crippen LogP contribution >= 0.6 is 0 Å². The molecule has 0 radical (unpaired) electrons. The van der Waals surface area contributed by atoms with Gasteiger partial charge in [0.1, 0.15) is 5.75 Å². The van der Waals surface area contributed by atoms with Gasteiger partial charge in [-0.1, -0.05) is 13.8 Å². The largest absolute Gasteiger partial charge is 0.496 e. The smallest absolute Gasteiger partial charge is 0.255 e. The van der Waals surface area contributed by atoms with Crippen molar-refractivity contribution in [3.05, 3.63) is 23.8 Å². The van der Waals surface area contributed by atoms with Crippen molar-refractivity contribution < 1.29 is 14.3 Å². The van der Waals surface area contributed by atoms with Gasteiger partial charge in [0.2, 0.25) is 5.91 Å². The van der Waals surface area contributed by atoms with Crippen LogP contribution in [-0.2, 0) is 4.79 Å². The summed E-state index contributed by atoms with van der Waals surface area (Å²) in [5, 5.41) is 5.55. The molecule has 22 heavy (non-hydrogen) atoms. The van der Waals surface area contributed by atoms with Crippen molar-refractivity contribution in [1.29, 1.82) is 0 Å². The van der Waals surface area contributed by atoms with E-state index >= 15 is 0 Å². The van der Waals surface area contributed by atoms with E-state index in [0.29, 0.717) is 23.5 Å². The first-order valence-corrected chi connectivity index (χ1v) is 7.48. The monoisotopic (exact) mass is 307 g/mol. The lowest BCUT2D eigenvalue weighted by atomic mass is 10.1. The highest BCUT2D eigenvalue weighted by atomic mass is 16.5. The lowest BCUT2D eigenvalue weighted by Crippen LogP contribution is -2.34. The first-order valence-electron chi connectivity index (χ1n) is 7.48. The molecule has 6 heteroatoms. The van der Waals surface area contributed by atoms with E-state index in [4.69, 9.17) is 4.74 Å². The van der Waals surface area contributed by atoms with E-state index in [2.05, 4.69) is 29.4 Å². The predicted molar refractivity (Wildman–Crippen MR) is 87.4 cm³/mol. The fraction of sp³-hybridized carbons (Fsp3) is 0.500. The summed E-state index contributed by atoms with van der Waals surface area (Å²) in [5.41, 5.74) is 1.06. The highest BCUT2D eigenvalue weighted by molar-refractivity contribution is 5.98. The second-order valence-corrected chi connectivity index (χ2v) is 4.88. The summed E-state index contributed by atoms with van der Waals surface area (Å²) in [6.07, 6.45) is 0. The molecule has 0 unspecified atom stereocenters. The quantitative estimate of drug-likeness (QED) is 0.767. The molecule has 0 saturated carbocycles. The molecule has 0 aliphatic rings. The van der Waals surface area contributed by atoms with Crippen LogP contribution in [0.15, 0.2) is 18.2 Å². The van der Waals surface area contributed by atoms with Gasteiger partial charge in [-0.3, -0.25) is 9.59 Å². The number of methoxy groups -OCH3 is 1. The van der Waals surface area contributed by atoms with Crippen LogP contribution in [0.4, 0.5) is 5.69 Å². The summed E-state index contributed by atoms with van der Waals surface area (Å²) in [6, 6.07) is 4.97. The molecule has 122 valence electrons.